The van der Waals surface area contributed by atoms with Gasteiger partial charge in [-0.05, 0) is 32.3 Å². The van der Waals surface area contributed by atoms with Crippen molar-refractivity contribution in [2.24, 2.45) is 11.8 Å². The lowest BCUT2D eigenvalue weighted by atomic mass is 9.96. The van der Waals surface area contributed by atoms with Gasteiger partial charge in [0.15, 0.2) is 0 Å². The molecule has 6 heteroatoms. The van der Waals surface area contributed by atoms with Gasteiger partial charge < -0.3 is 14.5 Å². The Labute approximate surface area is 174 Å². The molecule has 29 heavy (non-hydrogen) atoms. The minimum Gasteiger partial charge on any atom is -0.466 e. The summed E-state index contributed by atoms with van der Waals surface area (Å²) in [7, 11) is 0. The van der Waals surface area contributed by atoms with Crippen molar-refractivity contribution in [3.63, 3.8) is 0 Å². The molecule has 1 aliphatic rings. The average Bonchev–Trinajstić information content (AvgIpc) is 2.74. The van der Waals surface area contributed by atoms with Gasteiger partial charge in [-0.2, -0.15) is 0 Å². The van der Waals surface area contributed by atoms with Crippen molar-refractivity contribution in [2.45, 2.75) is 53.0 Å². The third-order valence-electron chi connectivity index (χ3n) is 5.56. The summed E-state index contributed by atoms with van der Waals surface area (Å²) in [6.45, 7) is 9.48. The molecule has 0 spiro atoms. The summed E-state index contributed by atoms with van der Waals surface area (Å²) >= 11 is 0. The number of likely N-dealkylation sites (tertiary alicyclic amines) is 1. The van der Waals surface area contributed by atoms with Crippen LogP contribution in [0.1, 0.15) is 58.6 Å². The monoisotopic (exact) mass is 402 g/mol. The Morgan fingerprint density at radius 3 is 2.28 bits per heavy atom. The Kier molecular flexibility index (Phi) is 8.68. The third kappa shape index (κ3) is 6.31. The molecule has 0 saturated carbocycles. The van der Waals surface area contributed by atoms with Gasteiger partial charge in [-0.1, -0.05) is 44.2 Å². The molecule has 2 rings (SSSR count). The zero-order valence-corrected chi connectivity index (χ0v) is 18.1. The number of hydrogen-bond acceptors (Lipinski definition) is 4. The topological polar surface area (TPSA) is 66.9 Å². The maximum absolute atomic E-state index is 12.8. The average molecular weight is 403 g/mol. The molecule has 1 aromatic carbocycles. The number of ether oxygens (including phenoxy) is 1. The van der Waals surface area contributed by atoms with E-state index in [1.54, 1.807) is 11.8 Å². The van der Waals surface area contributed by atoms with Gasteiger partial charge in [-0.25, -0.2) is 0 Å². The SMILES string of the molecule is CCOC(=O)C1CCN(C(=O)CCN(C(=O)C(C)C)C(C)c2ccccc2)CC1. The second kappa shape index (κ2) is 11.0. The fourth-order valence-electron chi connectivity index (χ4n) is 3.74. The highest BCUT2D eigenvalue weighted by molar-refractivity contribution is 5.81. The van der Waals surface area contributed by atoms with Crippen LogP contribution in [0, 0.1) is 11.8 Å². The number of rotatable bonds is 8. The van der Waals surface area contributed by atoms with Crippen molar-refractivity contribution in [2.75, 3.05) is 26.2 Å². The summed E-state index contributed by atoms with van der Waals surface area (Å²) in [5, 5.41) is 0. The van der Waals surface area contributed by atoms with Crippen LogP contribution in [0.2, 0.25) is 0 Å². The van der Waals surface area contributed by atoms with Gasteiger partial charge in [0.1, 0.15) is 0 Å². The molecule has 1 fully saturated rings. The molecule has 0 bridgehead atoms. The molecule has 1 saturated heterocycles. The van der Waals surface area contributed by atoms with E-state index in [9.17, 15) is 14.4 Å². The van der Waals surface area contributed by atoms with E-state index < -0.39 is 0 Å². The van der Waals surface area contributed by atoms with Crippen LogP contribution in [-0.4, -0.2) is 53.8 Å². The number of esters is 1. The highest BCUT2D eigenvalue weighted by Crippen LogP contribution is 2.23. The summed E-state index contributed by atoms with van der Waals surface area (Å²) in [6, 6.07) is 9.80. The zero-order chi connectivity index (χ0) is 21.4. The van der Waals surface area contributed by atoms with Gasteiger partial charge in [0.25, 0.3) is 0 Å². The number of amides is 2. The molecule has 1 aromatic rings. The van der Waals surface area contributed by atoms with Crippen LogP contribution in [0.25, 0.3) is 0 Å². The lowest BCUT2D eigenvalue weighted by Crippen LogP contribution is -2.43. The standard InChI is InChI=1S/C23H34N2O4/c1-5-29-23(28)20-11-14-24(15-12-20)21(26)13-16-25(22(27)17(2)3)18(4)19-9-7-6-8-10-19/h6-10,17-18,20H,5,11-16H2,1-4H3. The Bertz CT molecular complexity index is 681. The number of nitrogens with zero attached hydrogens (tertiary/aromatic N) is 2. The quantitative estimate of drug-likeness (QED) is 0.625. The van der Waals surface area contributed by atoms with E-state index in [1.807, 2.05) is 56.0 Å². The molecule has 160 valence electrons. The number of hydrogen-bond donors (Lipinski definition) is 0. The molecule has 0 aliphatic carbocycles. The third-order valence-corrected chi connectivity index (χ3v) is 5.56. The minimum absolute atomic E-state index is 0.0362. The zero-order valence-electron chi connectivity index (χ0n) is 18.1. The van der Waals surface area contributed by atoms with Gasteiger partial charge in [0, 0.05) is 32.0 Å². The van der Waals surface area contributed by atoms with Crippen LogP contribution in [0.5, 0.6) is 0 Å². The molecule has 1 atom stereocenters. The van der Waals surface area contributed by atoms with Crippen LogP contribution in [0.15, 0.2) is 30.3 Å². The predicted molar refractivity (Wildman–Crippen MR) is 112 cm³/mol. The van der Waals surface area contributed by atoms with Crippen molar-refractivity contribution in [3.05, 3.63) is 35.9 Å². The fraction of sp³-hybridized carbons (Fsp3) is 0.609. The lowest BCUT2D eigenvalue weighted by Gasteiger charge is -2.34. The molecule has 1 unspecified atom stereocenters. The van der Waals surface area contributed by atoms with Crippen molar-refractivity contribution in [1.82, 2.24) is 9.80 Å². The van der Waals surface area contributed by atoms with Crippen LogP contribution in [0.3, 0.4) is 0 Å². The van der Waals surface area contributed by atoms with Crippen molar-refractivity contribution in [1.29, 1.82) is 0 Å². The van der Waals surface area contributed by atoms with E-state index in [0.717, 1.165) is 5.56 Å². The Morgan fingerprint density at radius 2 is 1.72 bits per heavy atom. The predicted octanol–water partition coefficient (Wildman–Crippen LogP) is 3.42. The van der Waals surface area contributed by atoms with Gasteiger partial charge >= 0.3 is 5.97 Å². The second-order valence-corrected chi connectivity index (χ2v) is 7.93. The number of piperidine rings is 1. The first-order chi connectivity index (χ1) is 13.8. The van der Waals surface area contributed by atoms with Crippen molar-refractivity contribution in [3.8, 4) is 0 Å². The van der Waals surface area contributed by atoms with Crippen LogP contribution < -0.4 is 0 Å². The van der Waals surface area contributed by atoms with Gasteiger partial charge in [0.2, 0.25) is 11.8 Å². The largest absolute Gasteiger partial charge is 0.466 e. The summed E-state index contributed by atoms with van der Waals surface area (Å²) < 4.78 is 5.09. The van der Waals surface area contributed by atoms with Crippen molar-refractivity contribution >= 4 is 17.8 Å². The summed E-state index contributed by atoms with van der Waals surface area (Å²) in [5.41, 5.74) is 1.06. The minimum atomic E-state index is -0.162. The van der Waals surface area contributed by atoms with Gasteiger partial charge in [-0.15, -0.1) is 0 Å². The van der Waals surface area contributed by atoms with E-state index in [-0.39, 0.29) is 35.7 Å². The molecule has 6 nitrogen and oxygen atoms in total. The highest BCUT2D eigenvalue weighted by atomic mass is 16.5. The van der Waals surface area contributed by atoms with E-state index >= 15 is 0 Å². The first-order valence-electron chi connectivity index (χ1n) is 10.6. The fourth-order valence-corrected chi connectivity index (χ4v) is 3.74. The number of carbonyl (C=O) groups excluding carboxylic acids is 3. The summed E-state index contributed by atoms with van der Waals surface area (Å²) in [5.74, 6) is -0.318. The normalized spacial score (nSPS) is 15.8. The second-order valence-electron chi connectivity index (χ2n) is 7.93. The van der Waals surface area contributed by atoms with E-state index in [4.69, 9.17) is 4.74 Å². The molecule has 2 amide bonds. The number of carbonyl (C=O) groups is 3. The molecular weight excluding hydrogens is 368 g/mol. The van der Waals surface area contributed by atoms with E-state index in [1.165, 1.54) is 0 Å². The molecular formula is C23H34N2O4. The van der Waals surface area contributed by atoms with Crippen LogP contribution in [-0.2, 0) is 19.1 Å². The number of benzene rings is 1. The lowest BCUT2D eigenvalue weighted by molar-refractivity contribution is -0.151. The molecule has 1 aliphatic heterocycles. The smallest absolute Gasteiger partial charge is 0.309 e. The maximum atomic E-state index is 12.8. The van der Waals surface area contributed by atoms with E-state index in [0.29, 0.717) is 45.5 Å². The molecule has 0 radical (unpaired) electrons. The summed E-state index contributed by atoms with van der Waals surface area (Å²) in [4.78, 5) is 41.0. The van der Waals surface area contributed by atoms with Gasteiger partial charge in [-0.3, -0.25) is 14.4 Å². The van der Waals surface area contributed by atoms with Crippen LogP contribution in [0.4, 0.5) is 0 Å². The molecule has 0 aromatic heterocycles. The Hall–Kier alpha value is -2.37. The van der Waals surface area contributed by atoms with E-state index in [2.05, 4.69) is 0 Å². The van der Waals surface area contributed by atoms with Crippen molar-refractivity contribution < 1.29 is 19.1 Å². The summed E-state index contributed by atoms with van der Waals surface area (Å²) in [6.07, 6.45) is 1.57. The maximum Gasteiger partial charge on any atom is 0.309 e. The Balaban J connectivity index is 1.94. The first kappa shape index (κ1) is 22.9. The molecule has 0 N–H and O–H groups in total. The van der Waals surface area contributed by atoms with Crippen LogP contribution >= 0.6 is 0 Å². The molecule has 1 heterocycles. The Morgan fingerprint density at radius 1 is 1.10 bits per heavy atom. The highest BCUT2D eigenvalue weighted by Gasteiger charge is 2.29. The van der Waals surface area contributed by atoms with Gasteiger partial charge in [0.05, 0.1) is 18.6 Å². The first-order valence-corrected chi connectivity index (χ1v) is 10.6.